The Morgan fingerprint density at radius 2 is 2.21 bits per heavy atom. The van der Waals surface area contributed by atoms with E-state index in [1.165, 1.54) is 17.5 Å². The number of ether oxygens (including phenoxy) is 1. The van der Waals surface area contributed by atoms with Gasteiger partial charge in [-0.2, -0.15) is 5.10 Å². The fourth-order valence-corrected chi connectivity index (χ4v) is 4.70. The van der Waals surface area contributed by atoms with Crippen LogP contribution >= 0.6 is 0 Å². The van der Waals surface area contributed by atoms with E-state index >= 15 is 0 Å². The molecule has 1 amide bonds. The van der Waals surface area contributed by atoms with Crippen molar-refractivity contribution in [3.05, 3.63) is 41.7 Å². The first kappa shape index (κ1) is 19.0. The highest BCUT2D eigenvalue weighted by Crippen LogP contribution is 2.43. The first-order valence-corrected chi connectivity index (χ1v) is 9.86. The first-order valence-electron chi connectivity index (χ1n) is 9.86. The molecular formula is C20H28N6O2. The first-order chi connectivity index (χ1) is 13.5. The Balaban J connectivity index is 1.47. The van der Waals surface area contributed by atoms with Crippen LogP contribution in [0.4, 0.5) is 0 Å². The average Bonchev–Trinajstić information content (AvgIpc) is 3.24. The smallest absolute Gasteiger partial charge is 0.271 e. The van der Waals surface area contributed by atoms with Crippen molar-refractivity contribution in [2.24, 2.45) is 7.05 Å². The van der Waals surface area contributed by atoms with Gasteiger partial charge in [0, 0.05) is 63.0 Å². The van der Waals surface area contributed by atoms with Gasteiger partial charge in [-0.05, 0) is 32.6 Å². The molecule has 28 heavy (non-hydrogen) atoms. The van der Waals surface area contributed by atoms with Crippen molar-refractivity contribution in [3.8, 4) is 0 Å². The number of nitrogens with zero attached hydrogens (tertiary/aromatic N) is 5. The van der Waals surface area contributed by atoms with E-state index in [1.54, 1.807) is 12.4 Å². The van der Waals surface area contributed by atoms with E-state index in [2.05, 4.69) is 32.2 Å². The van der Waals surface area contributed by atoms with Crippen molar-refractivity contribution < 1.29 is 9.53 Å². The number of hydrogen-bond acceptors (Lipinski definition) is 6. The molecule has 0 radical (unpaired) electrons. The normalized spacial score (nSPS) is 27.5. The summed E-state index contributed by atoms with van der Waals surface area (Å²) in [4.78, 5) is 23.1. The summed E-state index contributed by atoms with van der Waals surface area (Å²) in [5.41, 5.74) is 2.68. The molecule has 8 nitrogen and oxygen atoms in total. The topological polar surface area (TPSA) is 85.2 Å². The van der Waals surface area contributed by atoms with Crippen molar-refractivity contribution in [2.75, 3.05) is 13.7 Å². The number of amides is 1. The summed E-state index contributed by atoms with van der Waals surface area (Å²) in [5, 5.41) is 7.53. The number of fused-ring (bicyclic) bond motifs is 1. The number of hydrogen-bond donors (Lipinski definition) is 1. The van der Waals surface area contributed by atoms with Crippen molar-refractivity contribution in [1.29, 1.82) is 0 Å². The van der Waals surface area contributed by atoms with Crippen molar-refractivity contribution in [3.63, 3.8) is 0 Å². The van der Waals surface area contributed by atoms with Crippen molar-refractivity contribution >= 4 is 5.91 Å². The molecule has 2 aromatic rings. The summed E-state index contributed by atoms with van der Waals surface area (Å²) < 4.78 is 7.96. The van der Waals surface area contributed by atoms with Gasteiger partial charge in [0.15, 0.2) is 0 Å². The maximum atomic E-state index is 12.5. The van der Waals surface area contributed by atoms with Crippen LogP contribution in [0, 0.1) is 6.92 Å². The summed E-state index contributed by atoms with van der Waals surface area (Å²) in [7, 11) is 3.80. The van der Waals surface area contributed by atoms with Gasteiger partial charge in [0.2, 0.25) is 0 Å². The molecule has 0 unspecified atom stereocenters. The van der Waals surface area contributed by atoms with Gasteiger partial charge in [-0.1, -0.05) is 0 Å². The zero-order valence-electron chi connectivity index (χ0n) is 16.8. The fourth-order valence-electron chi connectivity index (χ4n) is 4.70. The second-order valence-electron chi connectivity index (χ2n) is 7.92. The Kier molecular flexibility index (Phi) is 5.16. The van der Waals surface area contributed by atoms with Crippen LogP contribution in [0.3, 0.4) is 0 Å². The molecule has 1 saturated carbocycles. The predicted octanol–water partition coefficient (Wildman–Crippen LogP) is 1.46. The molecule has 0 aromatic carbocycles. The summed E-state index contributed by atoms with van der Waals surface area (Å²) in [6, 6.07) is 0.386. The molecule has 0 spiro atoms. The number of nitrogens with one attached hydrogen (secondary N) is 1. The largest absolute Gasteiger partial charge is 0.377 e. The van der Waals surface area contributed by atoms with Gasteiger partial charge in [-0.3, -0.25) is 19.4 Å². The van der Waals surface area contributed by atoms with Crippen LogP contribution in [0.2, 0.25) is 0 Å². The van der Waals surface area contributed by atoms with Crippen molar-refractivity contribution in [1.82, 2.24) is 30.0 Å². The molecule has 150 valence electrons. The minimum absolute atomic E-state index is 0.110. The number of carbonyl (C=O) groups excluding carboxylic acids is 1. The highest BCUT2D eigenvalue weighted by molar-refractivity contribution is 5.92. The maximum absolute atomic E-state index is 12.5. The SMILES string of the molecule is CO[C@@]12CC[C@@H](NC(=O)c3cnccn3)C[C@@H]1N(Cc1cnn(C)c1C)CC2. The second-order valence-corrected chi connectivity index (χ2v) is 7.92. The van der Waals surface area contributed by atoms with Crippen LogP contribution in [0.5, 0.6) is 0 Å². The Morgan fingerprint density at radius 3 is 2.89 bits per heavy atom. The molecule has 8 heteroatoms. The zero-order chi connectivity index (χ0) is 19.7. The lowest BCUT2D eigenvalue weighted by atomic mass is 9.78. The summed E-state index contributed by atoms with van der Waals surface area (Å²) in [6.45, 7) is 3.96. The van der Waals surface area contributed by atoms with E-state index in [4.69, 9.17) is 4.74 Å². The Hall–Kier alpha value is -2.32. The van der Waals surface area contributed by atoms with E-state index in [9.17, 15) is 4.79 Å². The number of aromatic nitrogens is 4. The number of aryl methyl sites for hydroxylation is 1. The third-order valence-electron chi connectivity index (χ3n) is 6.54. The second kappa shape index (κ2) is 7.60. The van der Waals surface area contributed by atoms with Crippen LogP contribution in [-0.2, 0) is 18.3 Å². The molecule has 2 fully saturated rings. The highest BCUT2D eigenvalue weighted by atomic mass is 16.5. The van der Waals surface area contributed by atoms with E-state index in [-0.39, 0.29) is 23.6 Å². The lowest BCUT2D eigenvalue weighted by molar-refractivity contribution is -0.0678. The number of likely N-dealkylation sites (tertiary alicyclic amines) is 1. The molecule has 1 saturated heterocycles. The quantitative estimate of drug-likeness (QED) is 0.840. The standard InChI is InChI=1S/C20H28N6O2/c1-14-15(11-23-25(14)2)13-26-9-6-20(28-3)5-4-16(10-18(20)26)24-19(27)17-12-21-7-8-22-17/h7-8,11-12,16,18H,4-6,9-10,13H2,1-3H3,(H,24,27)/t16-,18+,20-/m1/s1. The third kappa shape index (κ3) is 3.42. The molecule has 0 bridgehead atoms. The molecule has 4 rings (SSSR count). The molecular weight excluding hydrogens is 356 g/mol. The minimum atomic E-state index is -0.157. The van der Waals surface area contributed by atoms with E-state index in [1.807, 2.05) is 25.0 Å². The lowest BCUT2D eigenvalue weighted by Crippen LogP contribution is -2.54. The maximum Gasteiger partial charge on any atom is 0.271 e. The van der Waals surface area contributed by atoms with Crippen LogP contribution in [0.1, 0.15) is 47.4 Å². The molecule has 1 N–H and O–H groups in total. The lowest BCUT2D eigenvalue weighted by Gasteiger charge is -2.44. The van der Waals surface area contributed by atoms with Crippen molar-refractivity contribution in [2.45, 2.75) is 56.8 Å². The zero-order valence-corrected chi connectivity index (χ0v) is 16.8. The summed E-state index contributed by atoms with van der Waals surface area (Å²) >= 11 is 0. The predicted molar refractivity (Wildman–Crippen MR) is 104 cm³/mol. The average molecular weight is 384 g/mol. The van der Waals surface area contributed by atoms with Gasteiger partial charge < -0.3 is 10.1 Å². The van der Waals surface area contributed by atoms with Crippen LogP contribution in [-0.4, -0.2) is 61.9 Å². The Bertz CT molecular complexity index is 838. The molecule has 1 aliphatic heterocycles. The molecule has 3 atom stereocenters. The van der Waals surface area contributed by atoms with Crippen LogP contribution in [0.25, 0.3) is 0 Å². The minimum Gasteiger partial charge on any atom is -0.377 e. The van der Waals surface area contributed by atoms with Gasteiger partial charge in [0.05, 0.1) is 18.0 Å². The number of rotatable bonds is 5. The molecule has 3 heterocycles. The summed E-state index contributed by atoms with van der Waals surface area (Å²) in [5.74, 6) is -0.157. The molecule has 2 aliphatic rings. The highest BCUT2D eigenvalue weighted by Gasteiger charge is 2.51. The van der Waals surface area contributed by atoms with E-state index in [0.29, 0.717) is 5.69 Å². The Morgan fingerprint density at radius 1 is 1.36 bits per heavy atom. The third-order valence-corrected chi connectivity index (χ3v) is 6.54. The van der Waals surface area contributed by atoms with Crippen LogP contribution in [0.15, 0.2) is 24.8 Å². The van der Waals surface area contributed by atoms with Gasteiger partial charge in [-0.15, -0.1) is 0 Å². The molecule has 2 aromatic heterocycles. The Labute approximate surface area is 165 Å². The van der Waals surface area contributed by atoms with E-state index < -0.39 is 0 Å². The van der Waals surface area contributed by atoms with Gasteiger partial charge in [0.25, 0.3) is 5.91 Å². The summed E-state index contributed by atoms with van der Waals surface area (Å²) in [6.07, 6.45) is 10.3. The monoisotopic (exact) mass is 384 g/mol. The van der Waals surface area contributed by atoms with Gasteiger partial charge in [-0.25, -0.2) is 4.98 Å². The number of methoxy groups -OCH3 is 1. The molecule has 1 aliphatic carbocycles. The van der Waals surface area contributed by atoms with Gasteiger partial charge in [0.1, 0.15) is 5.69 Å². The number of carbonyl (C=O) groups is 1. The van der Waals surface area contributed by atoms with Gasteiger partial charge >= 0.3 is 0 Å². The van der Waals surface area contributed by atoms with Crippen LogP contribution < -0.4 is 5.32 Å². The fraction of sp³-hybridized carbons (Fsp3) is 0.600. The van der Waals surface area contributed by atoms with E-state index in [0.717, 1.165) is 38.8 Å².